The first-order chi connectivity index (χ1) is 12.7. The number of ether oxygens (including phenoxy) is 1. The van der Waals surface area contributed by atoms with E-state index in [1.807, 2.05) is 0 Å². The Morgan fingerprint density at radius 1 is 1.31 bits per heavy atom. The van der Waals surface area contributed by atoms with Gasteiger partial charge in [-0.2, -0.15) is 0 Å². The highest BCUT2D eigenvalue weighted by atomic mass is 32.2. The van der Waals surface area contributed by atoms with Crippen LogP contribution in [0.2, 0.25) is 0 Å². The van der Waals surface area contributed by atoms with E-state index in [0.717, 1.165) is 19.3 Å². The lowest BCUT2D eigenvalue weighted by Crippen LogP contribution is -2.40. The van der Waals surface area contributed by atoms with Crippen molar-refractivity contribution in [2.24, 2.45) is 0 Å². The lowest BCUT2D eigenvalue weighted by atomic mass is 9.97. The van der Waals surface area contributed by atoms with Gasteiger partial charge in [-0.3, -0.25) is 10.1 Å². The predicted octanol–water partition coefficient (Wildman–Crippen LogP) is 2.40. The molecule has 1 aliphatic carbocycles. The molecule has 1 aromatic rings. The molecule has 26 heavy (non-hydrogen) atoms. The fraction of sp³-hybridized carbons (Fsp3) is 0.625. The number of hydrogen-bond acceptors (Lipinski definition) is 8. The van der Waals surface area contributed by atoms with Gasteiger partial charge >= 0.3 is 6.03 Å². The molecule has 0 unspecified atom stereocenters. The number of carbonyl (C=O) groups is 2. The van der Waals surface area contributed by atoms with Gasteiger partial charge in [0.1, 0.15) is 0 Å². The highest BCUT2D eigenvalue weighted by Gasteiger charge is 2.11. The number of urea groups is 1. The first-order valence-electron chi connectivity index (χ1n) is 8.62. The summed E-state index contributed by atoms with van der Waals surface area (Å²) in [5.41, 5.74) is 1.39. The number of allylic oxidation sites excluding steroid dienone is 1. The van der Waals surface area contributed by atoms with E-state index in [-0.39, 0.29) is 11.7 Å². The molecule has 3 N–H and O–H groups in total. The molecular weight excluding hydrogens is 374 g/mol. The van der Waals surface area contributed by atoms with Crippen molar-refractivity contribution in [3.63, 3.8) is 0 Å². The number of anilines is 1. The molecule has 0 aliphatic heterocycles. The van der Waals surface area contributed by atoms with Crippen LogP contribution in [0.5, 0.6) is 0 Å². The summed E-state index contributed by atoms with van der Waals surface area (Å²) in [6.07, 6.45) is 7.83. The molecule has 0 atom stereocenters. The van der Waals surface area contributed by atoms with Crippen LogP contribution in [0.15, 0.2) is 16.0 Å². The van der Waals surface area contributed by atoms with Crippen molar-refractivity contribution in [1.82, 2.24) is 20.8 Å². The Balaban J connectivity index is 1.59. The second-order valence-corrected chi connectivity index (χ2v) is 7.94. The molecule has 0 bridgehead atoms. The number of thioether (sulfide) groups is 1. The SMILES string of the molecule is COCCNc1nnc(SCC(=O)NC(=O)NCCC2=CCCCC2)s1. The lowest BCUT2D eigenvalue weighted by Gasteiger charge is -2.13. The van der Waals surface area contributed by atoms with E-state index in [4.69, 9.17) is 4.74 Å². The minimum absolute atomic E-state index is 0.116. The molecule has 0 fully saturated rings. The summed E-state index contributed by atoms with van der Waals surface area (Å²) >= 11 is 2.61. The standard InChI is InChI=1S/C16H25N5O3S2/c1-24-10-9-18-15-20-21-16(26-15)25-11-13(22)19-14(23)17-8-7-12-5-3-2-4-6-12/h5H,2-4,6-11H2,1H3,(H,18,20)(H2,17,19,22,23). The Kier molecular flexibility index (Phi) is 9.43. The smallest absolute Gasteiger partial charge is 0.321 e. The third-order valence-electron chi connectivity index (χ3n) is 3.69. The van der Waals surface area contributed by atoms with Crippen molar-refractivity contribution in [2.75, 3.05) is 37.9 Å². The number of nitrogens with zero attached hydrogens (tertiary/aromatic N) is 2. The van der Waals surface area contributed by atoms with Crippen molar-refractivity contribution >= 4 is 40.2 Å². The summed E-state index contributed by atoms with van der Waals surface area (Å²) < 4.78 is 5.61. The number of amides is 3. The Bertz CT molecular complexity index is 621. The number of methoxy groups -OCH3 is 1. The monoisotopic (exact) mass is 399 g/mol. The second-order valence-electron chi connectivity index (χ2n) is 5.74. The van der Waals surface area contributed by atoms with Gasteiger partial charge in [0, 0.05) is 20.2 Å². The predicted molar refractivity (Wildman–Crippen MR) is 104 cm³/mol. The van der Waals surface area contributed by atoms with Gasteiger partial charge in [0.2, 0.25) is 11.0 Å². The summed E-state index contributed by atoms with van der Waals surface area (Å²) in [7, 11) is 1.63. The van der Waals surface area contributed by atoms with Gasteiger partial charge < -0.3 is 15.4 Å². The Labute approximate surface area is 161 Å². The van der Waals surface area contributed by atoms with Crippen molar-refractivity contribution in [3.05, 3.63) is 11.6 Å². The van der Waals surface area contributed by atoms with Crippen LogP contribution in [0.1, 0.15) is 32.1 Å². The van der Waals surface area contributed by atoms with Gasteiger partial charge in [0.05, 0.1) is 12.4 Å². The molecule has 10 heteroatoms. The molecule has 0 radical (unpaired) electrons. The molecule has 0 saturated heterocycles. The number of nitrogens with one attached hydrogen (secondary N) is 3. The Morgan fingerprint density at radius 2 is 2.19 bits per heavy atom. The fourth-order valence-electron chi connectivity index (χ4n) is 2.40. The van der Waals surface area contributed by atoms with Crippen LogP contribution in [-0.2, 0) is 9.53 Å². The normalized spacial score (nSPS) is 13.8. The summed E-state index contributed by atoms with van der Waals surface area (Å²) in [5, 5.41) is 16.8. The molecule has 2 rings (SSSR count). The number of imide groups is 1. The van der Waals surface area contributed by atoms with Gasteiger partial charge in [-0.15, -0.1) is 10.2 Å². The van der Waals surface area contributed by atoms with Crippen LogP contribution in [0, 0.1) is 0 Å². The molecule has 0 aromatic carbocycles. The van der Waals surface area contributed by atoms with Crippen LogP contribution < -0.4 is 16.0 Å². The van der Waals surface area contributed by atoms with Crippen molar-refractivity contribution < 1.29 is 14.3 Å². The summed E-state index contributed by atoms with van der Waals surface area (Å²) in [5.74, 6) is -0.237. The van der Waals surface area contributed by atoms with Gasteiger partial charge in [-0.1, -0.05) is 34.7 Å². The maximum absolute atomic E-state index is 11.8. The number of rotatable bonds is 10. The zero-order valence-electron chi connectivity index (χ0n) is 14.9. The lowest BCUT2D eigenvalue weighted by molar-refractivity contribution is -0.117. The summed E-state index contributed by atoms with van der Waals surface area (Å²) in [4.78, 5) is 23.6. The first-order valence-corrected chi connectivity index (χ1v) is 10.4. The zero-order valence-corrected chi connectivity index (χ0v) is 16.5. The first kappa shape index (κ1) is 20.7. The molecule has 1 heterocycles. The highest BCUT2D eigenvalue weighted by molar-refractivity contribution is 8.01. The number of aromatic nitrogens is 2. The maximum Gasteiger partial charge on any atom is 0.321 e. The second kappa shape index (κ2) is 11.9. The van der Waals surface area contributed by atoms with Crippen LogP contribution in [-0.4, -0.2) is 54.7 Å². The van der Waals surface area contributed by atoms with Gasteiger partial charge in [-0.05, 0) is 32.1 Å². The highest BCUT2D eigenvalue weighted by Crippen LogP contribution is 2.25. The van der Waals surface area contributed by atoms with Gasteiger partial charge in [0.25, 0.3) is 0 Å². The summed E-state index contributed by atoms with van der Waals surface area (Å²) in [6, 6.07) is -0.453. The fourth-order valence-corrected chi connectivity index (χ4v) is 3.98. The van der Waals surface area contributed by atoms with E-state index >= 15 is 0 Å². The van der Waals surface area contributed by atoms with Crippen LogP contribution in [0.4, 0.5) is 9.93 Å². The Morgan fingerprint density at radius 3 is 2.96 bits per heavy atom. The molecule has 8 nitrogen and oxygen atoms in total. The Hall–Kier alpha value is -1.65. The quantitative estimate of drug-likeness (QED) is 0.315. The molecule has 3 amide bonds. The van der Waals surface area contributed by atoms with Gasteiger partial charge in [-0.25, -0.2) is 4.79 Å². The van der Waals surface area contributed by atoms with Crippen molar-refractivity contribution in [1.29, 1.82) is 0 Å². The third kappa shape index (κ3) is 8.15. The third-order valence-corrected chi connectivity index (χ3v) is 5.70. The van der Waals surface area contributed by atoms with Crippen LogP contribution >= 0.6 is 23.1 Å². The minimum Gasteiger partial charge on any atom is -0.383 e. The average molecular weight is 400 g/mol. The largest absolute Gasteiger partial charge is 0.383 e. The molecule has 144 valence electrons. The maximum atomic E-state index is 11.8. The molecular formula is C16H25N5O3S2. The average Bonchev–Trinajstić information content (AvgIpc) is 3.09. The van der Waals surface area contributed by atoms with Crippen LogP contribution in [0.25, 0.3) is 0 Å². The molecule has 1 aromatic heterocycles. The van der Waals surface area contributed by atoms with E-state index < -0.39 is 6.03 Å². The summed E-state index contributed by atoms with van der Waals surface area (Å²) in [6.45, 7) is 1.77. The van der Waals surface area contributed by atoms with E-state index in [0.29, 0.717) is 29.2 Å². The van der Waals surface area contributed by atoms with E-state index in [9.17, 15) is 9.59 Å². The number of hydrogen-bond donors (Lipinski definition) is 3. The van der Waals surface area contributed by atoms with Crippen LogP contribution in [0.3, 0.4) is 0 Å². The van der Waals surface area contributed by atoms with E-state index in [2.05, 4.69) is 32.2 Å². The molecule has 0 spiro atoms. The van der Waals surface area contributed by atoms with E-state index in [1.165, 1.54) is 41.5 Å². The zero-order chi connectivity index (χ0) is 18.6. The number of carbonyl (C=O) groups excluding carboxylic acids is 2. The van der Waals surface area contributed by atoms with Crippen molar-refractivity contribution in [3.8, 4) is 0 Å². The molecule has 0 saturated carbocycles. The van der Waals surface area contributed by atoms with Crippen molar-refractivity contribution in [2.45, 2.75) is 36.4 Å². The topological polar surface area (TPSA) is 105 Å². The molecule has 1 aliphatic rings. The van der Waals surface area contributed by atoms with Gasteiger partial charge in [0.15, 0.2) is 4.34 Å². The van der Waals surface area contributed by atoms with E-state index in [1.54, 1.807) is 7.11 Å². The minimum atomic E-state index is -0.453.